The van der Waals surface area contributed by atoms with Gasteiger partial charge in [0.15, 0.2) is 0 Å². The highest BCUT2D eigenvalue weighted by atomic mass is 19.1. The molecule has 1 aliphatic rings. The molecule has 1 unspecified atom stereocenters. The average Bonchev–Trinajstić information content (AvgIpc) is 3.08. The maximum Gasteiger partial charge on any atom is 0.123 e. The zero-order valence-corrected chi connectivity index (χ0v) is 11.2. The van der Waals surface area contributed by atoms with Crippen LogP contribution in [0, 0.1) is 22.6 Å². The highest BCUT2D eigenvalue weighted by Gasteiger charge is 2.43. The third kappa shape index (κ3) is 3.68. The number of nitrogens with two attached hydrogens (primary N) is 1. The molecule has 2 N–H and O–H groups in total. The van der Waals surface area contributed by atoms with E-state index in [1.807, 2.05) is 6.92 Å². The van der Waals surface area contributed by atoms with Gasteiger partial charge in [0.1, 0.15) is 11.6 Å². The summed E-state index contributed by atoms with van der Waals surface area (Å²) >= 11 is 0. The molecule has 0 saturated heterocycles. The molecule has 1 atom stereocenters. The standard InChI is InChI=1S/C15H19FN2O/c1-11(18)8-12-9-13(16)2-3-14(12)19-10-15(4-5-15)6-7-17/h2-3,9,11H,4-6,8,10,18H2,1H3. The molecular weight excluding hydrogens is 243 g/mol. The number of halogens is 1. The monoisotopic (exact) mass is 262 g/mol. The number of ether oxygens (including phenoxy) is 1. The maximum atomic E-state index is 13.3. The van der Waals surface area contributed by atoms with Crippen LogP contribution in [0.3, 0.4) is 0 Å². The van der Waals surface area contributed by atoms with Gasteiger partial charge in [0.2, 0.25) is 0 Å². The van der Waals surface area contributed by atoms with Gasteiger partial charge in [-0.25, -0.2) is 4.39 Å². The van der Waals surface area contributed by atoms with E-state index in [1.54, 1.807) is 6.07 Å². The first-order valence-corrected chi connectivity index (χ1v) is 6.58. The van der Waals surface area contributed by atoms with E-state index in [-0.39, 0.29) is 17.3 Å². The average molecular weight is 262 g/mol. The van der Waals surface area contributed by atoms with Crippen LogP contribution in [0.1, 0.15) is 31.7 Å². The molecule has 3 nitrogen and oxygen atoms in total. The zero-order chi connectivity index (χ0) is 13.9. The van der Waals surface area contributed by atoms with Crippen molar-refractivity contribution >= 4 is 0 Å². The van der Waals surface area contributed by atoms with Crippen molar-refractivity contribution in [2.75, 3.05) is 6.61 Å². The molecule has 19 heavy (non-hydrogen) atoms. The van der Waals surface area contributed by atoms with E-state index in [0.29, 0.717) is 25.2 Å². The summed E-state index contributed by atoms with van der Waals surface area (Å²) in [6.45, 7) is 2.41. The fraction of sp³-hybridized carbons (Fsp3) is 0.533. The molecule has 1 aromatic carbocycles. The van der Waals surface area contributed by atoms with E-state index >= 15 is 0 Å². The second-order valence-electron chi connectivity index (χ2n) is 5.56. The molecule has 1 aliphatic carbocycles. The van der Waals surface area contributed by atoms with Crippen LogP contribution in [0.5, 0.6) is 5.75 Å². The van der Waals surface area contributed by atoms with Crippen molar-refractivity contribution in [3.8, 4) is 11.8 Å². The van der Waals surface area contributed by atoms with Crippen molar-refractivity contribution in [3.63, 3.8) is 0 Å². The smallest absolute Gasteiger partial charge is 0.123 e. The van der Waals surface area contributed by atoms with Crippen LogP contribution in [0.2, 0.25) is 0 Å². The fourth-order valence-electron chi connectivity index (χ4n) is 2.14. The summed E-state index contributed by atoms with van der Waals surface area (Å²) in [5.41, 5.74) is 6.58. The number of rotatable bonds is 6. The molecule has 102 valence electrons. The van der Waals surface area contributed by atoms with Crippen LogP contribution in [0.4, 0.5) is 4.39 Å². The predicted octanol–water partition coefficient (Wildman–Crippen LogP) is 2.79. The highest BCUT2D eigenvalue weighted by Crippen LogP contribution is 2.48. The van der Waals surface area contributed by atoms with Gasteiger partial charge in [0.25, 0.3) is 0 Å². The minimum Gasteiger partial charge on any atom is -0.493 e. The van der Waals surface area contributed by atoms with Gasteiger partial charge in [-0.05, 0) is 49.9 Å². The predicted molar refractivity (Wildman–Crippen MR) is 71.1 cm³/mol. The van der Waals surface area contributed by atoms with Crippen molar-refractivity contribution in [1.82, 2.24) is 0 Å². The number of hydrogen-bond donors (Lipinski definition) is 1. The summed E-state index contributed by atoms with van der Waals surface area (Å²) in [6.07, 6.45) is 3.17. The Morgan fingerprint density at radius 2 is 2.26 bits per heavy atom. The Bertz CT molecular complexity index is 489. The zero-order valence-electron chi connectivity index (χ0n) is 11.2. The topological polar surface area (TPSA) is 59.0 Å². The van der Waals surface area contributed by atoms with E-state index in [9.17, 15) is 4.39 Å². The minimum atomic E-state index is -0.277. The molecule has 0 aliphatic heterocycles. The van der Waals surface area contributed by atoms with Gasteiger partial charge < -0.3 is 10.5 Å². The van der Waals surface area contributed by atoms with E-state index in [1.165, 1.54) is 12.1 Å². The van der Waals surface area contributed by atoms with Crippen LogP contribution in [-0.4, -0.2) is 12.6 Å². The van der Waals surface area contributed by atoms with E-state index in [2.05, 4.69) is 6.07 Å². The van der Waals surface area contributed by atoms with Crippen molar-refractivity contribution in [3.05, 3.63) is 29.6 Å². The first-order chi connectivity index (χ1) is 9.04. The minimum absolute atomic E-state index is 0.0226. The summed E-state index contributed by atoms with van der Waals surface area (Å²) in [6, 6.07) is 6.68. The van der Waals surface area contributed by atoms with E-state index < -0.39 is 0 Å². The second-order valence-corrected chi connectivity index (χ2v) is 5.56. The second kappa shape index (κ2) is 5.58. The lowest BCUT2D eigenvalue weighted by atomic mass is 10.0. The number of hydrogen-bond acceptors (Lipinski definition) is 3. The molecule has 1 aromatic rings. The van der Waals surface area contributed by atoms with Crippen LogP contribution in [0.15, 0.2) is 18.2 Å². The van der Waals surface area contributed by atoms with Crippen LogP contribution >= 0.6 is 0 Å². The first-order valence-electron chi connectivity index (χ1n) is 6.58. The summed E-state index contributed by atoms with van der Waals surface area (Å²) in [7, 11) is 0. The molecule has 0 heterocycles. The summed E-state index contributed by atoms with van der Waals surface area (Å²) in [5.74, 6) is 0.407. The Kier molecular flexibility index (Phi) is 4.06. The Morgan fingerprint density at radius 1 is 1.53 bits per heavy atom. The SMILES string of the molecule is CC(N)Cc1cc(F)ccc1OCC1(CC#N)CC1. The van der Waals surface area contributed by atoms with E-state index in [4.69, 9.17) is 15.7 Å². The van der Waals surface area contributed by atoms with Gasteiger partial charge in [0.05, 0.1) is 12.7 Å². The molecule has 0 bridgehead atoms. The van der Waals surface area contributed by atoms with E-state index in [0.717, 1.165) is 18.4 Å². The Morgan fingerprint density at radius 3 is 2.84 bits per heavy atom. The fourth-order valence-corrected chi connectivity index (χ4v) is 2.14. The lowest BCUT2D eigenvalue weighted by Gasteiger charge is -2.16. The van der Waals surface area contributed by atoms with Crippen LogP contribution < -0.4 is 10.5 Å². The lowest BCUT2D eigenvalue weighted by Crippen LogP contribution is -2.19. The van der Waals surface area contributed by atoms with Crippen molar-refractivity contribution in [2.24, 2.45) is 11.1 Å². The normalized spacial score (nSPS) is 17.6. The Balaban J connectivity index is 2.05. The molecule has 1 fully saturated rings. The van der Waals surface area contributed by atoms with Crippen LogP contribution in [-0.2, 0) is 6.42 Å². The third-order valence-corrected chi connectivity index (χ3v) is 3.51. The van der Waals surface area contributed by atoms with Gasteiger partial charge >= 0.3 is 0 Å². The van der Waals surface area contributed by atoms with Gasteiger partial charge in [0, 0.05) is 17.9 Å². The quantitative estimate of drug-likeness (QED) is 0.857. The summed E-state index contributed by atoms with van der Waals surface area (Å²) in [4.78, 5) is 0. The number of nitriles is 1. The van der Waals surface area contributed by atoms with Crippen molar-refractivity contribution in [2.45, 2.75) is 38.6 Å². The highest BCUT2D eigenvalue weighted by molar-refractivity contribution is 5.34. The van der Waals surface area contributed by atoms with Crippen molar-refractivity contribution in [1.29, 1.82) is 5.26 Å². The van der Waals surface area contributed by atoms with Gasteiger partial charge in [-0.3, -0.25) is 0 Å². The summed E-state index contributed by atoms with van der Waals surface area (Å²) in [5, 5.41) is 8.78. The molecule has 4 heteroatoms. The van der Waals surface area contributed by atoms with Crippen molar-refractivity contribution < 1.29 is 9.13 Å². The maximum absolute atomic E-state index is 13.3. The van der Waals surface area contributed by atoms with Gasteiger partial charge in [-0.1, -0.05) is 0 Å². The first kappa shape index (κ1) is 13.8. The molecule has 0 spiro atoms. The lowest BCUT2D eigenvalue weighted by molar-refractivity contribution is 0.234. The van der Waals surface area contributed by atoms with Crippen LogP contribution in [0.25, 0.3) is 0 Å². The molecule has 0 amide bonds. The Hall–Kier alpha value is -1.60. The van der Waals surface area contributed by atoms with Gasteiger partial charge in [-0.15, -0.1) is 0 Å². The molecular formula is C15H19FN2O. The molecule has 0 aromatic heterocycles. The molecule has 2 rings (SSSR count). The van der Waals surface area contributed by atoms with Gasteiger partial charge in [-0.2, -0.15) is 5.26 Å². The number of nitrogens with zero attached hydrogens (tertiary/aromatic N) is 1. The summed E-state index contributed by atoms with van der Waals surface area (Å²) < 4.78 is 19.1. The molecule has 0 radical (unpaired) electrons. The number of benzene rings is 1. The molecule has 1 saturated carbocycles. The Labute approximate surface area is 113 Å². The third-order valence-electron chi connectivity index (χ3n) is 3.51. The largest absolute Gasteiger partial charge is 0.493 e.